The van der Waals surface area contributed by atoms with Gasteiger partial charge in [0.1, 0.15) is 0 Å². The molecule has 4 unspecified atom stereocenters. The summed E-state index contributed by atoms with van der Waals surface area (Å²) in [6.07, 6.45) is 22.5. The predicted octanol–water partition coefficient (Wildman–Crippen LogP) is 6.14. The normalized spacial score (nSPS) is 37.9. The van der Waals surface area contributed by atoms with Crippen molar-refractivity contribution in [2.24, 2.45) is 52.1 Å². The van der Waals surface area contributed by atoms with Crippen molar-refractivity contribution in [2.45, 2.75) is 161 Å². The van der Waals surface area contributed by atoms with Crippen LogP contribution in [0, 0.1) is 46.3 Å². The molecule has 47 heavy (non-hydrogen) atoms. The highest BCUT2D eigenvalue weighted by Crippen LogP contribution is 2.68. The lowest BCUT2D eigenvalue weighted by Gasteiger charge is -2.62. The highest BCUT2D eigenvalue weighted by atomic mass is 16.3. The standard InChI is InChI=1S/C40H75N5O2/c1-29(13-16-37(47)45-31-11-5-4-6-12-31)33-14-15-34-38-35(18-20-40(33,34)3)39(2)19-17-32(27-30(39)28-36(38)46)44-26-10-25-43-23-8-7-22-42-24-9-21-41/h29-36,38,42-44,46H,4-28,41H2,1-3H3,(H,45,47)/t29-,30?,32+,33-,34?,35?,36-,38?,39+,40-/m1/s1. The SMILES string of the molecule is C[C@H](CCC(=O)NC1CCCCC1)[C@H]1CCC2C3C(CC[C@@]21C)[C@@]1(C)CC[C@H](NCCCNCCCCNCCCN)CC1C[C@H]3O. The van der Waals surface area contributed by atoms with Crippen molar-refractivity contribution < 1.29 is 9.90 Å². The van der Waals surface area contributed by atoms with Crippen LogP contribution in [0.15, 0.2) is 0 Å². The first-order chi connectivity index (χ1) is 22.8. The molecule has 0 saturated heterocycles. The highest BCUT2D eigenvalue weighted by molar-refractivity contribution is 5.76. The maximum absolute atomic E-state index is 12.8. The Hall–Kier alpha value is -0.730. The van der Waals surface area contributed by atoms with E-state index in [1.54, 1.807) is 0 Å². The van der Waals surface area contributed by atoms with Gasteiger partial charge in [0.05, 0.1) is 6.10 Å². The van der Waals surface area contributed by atoms with E-state index in [4.69, 9.17) is 5.73 Å². The third-order valence-corrected chi connectivity index (χ3v) is 14.7. The van der Waals surface area contributed by atoms with E-state index in [0.29, 0.717) is 64.8 Å². The van der Waals surface area contributed by atoms with E-state index in [0.717, 1.165) is 58.5 Å². The van der Waals surface area contributed by atoms with E-state index in [9.17, 15) is 9.90 Å². The number of rotatable bonds is 18. The molecule has 0 aromatic carbocycles. The molecule has 0 heterocycles. The first-order valence-electron chi connectivity index (χ1n) is 20.6. The number of aliphatic hydroxyl groups excluding tert-OH is 1. The zero-order valence-corrected chi connectivity index (χ0v) is 30.8. The van der Waals surface area contributed by atoms with Crippen LogP contribution in [0.4, 0.5) is 0 Å². The maximum Gasteiger partial charge on any atom is 0.220 e. The molecule has 5 aliphatic carbocycles. The second kappa shape index (κ2) is 18.0. The summed E-state index contributed by atoms with van der Waals surface area (Å²) in [4.78, 5) is 12.8. The van der Waals surface area contributed by atoms with Crippen molar-refractivity contribution in [1.82, 2.24) is 21.3 Å². The van der Waals surface area contributed by atoms with Crippen LogP contribution < -0.4 is 27.0 Å². The Morgan fingerprint density at radius 3 is 2.21 bits per heavy atom. The van der Waals surface area contributed by atoms with Gasteiger partial charge < -0.3 is 32.1 Å². The van der Waals surface area contributed by atoms with Gasteiger partial charge in [-0.15, -0.1) is 0 Å². The van der Waals surface area contributed by atoms with Gasteiger partial charge in [0, 0.05) is 18.5 Å². The van der Waals surface area contributed by atoms with Crippen molar-refractivity contribution in [1.29, 1.82) is 0 Å². The minimum Gasteiger partial charge on any atom is -0.393 e. The summed E-state index contributed by atoms with van der Waals surface area (Å²) >= 11 is 0. The van der Waals surface area contributed by atoms with E-state index in [-0.39, 0.29) is 12.0 Å². The second-order valence-electron chi connectivity index (χ2n) is 17.6. The van der Waals surface area contributed by atoms with Gasteiger partial charge in [0.15, 0.2) is 0 Å². The Bertz CT molecular complexity index is 944. The first kappa shape index (κ1) is 37.5. The lowest BCUT2D eigenvalue weighted by molar-refractivity contribution is -0.167. The smallest absolute Gasteiger partial charge is 0.220 e. The number of carbonyl (C=O) groups is 1. The van der Waals surface area contributed by atoms with Crippen molar-refractivity contribution in [3.8, 4) is 0 Å². The molecule has 272 valence electrons. The molecular weight excluding hydrogens is 582 g/mol. The first-order valence-corrected chi connectivity index (χ1v) is 20.6. The van der Waals surface area contributed by atoms with Gasteiger partial charge in [-0.2, -0.15) is 0 Å². The van der Waals surface area contributed by atoms with E-state index in [1.165, 1.54) is 96.3 Å². The van der Waals surface area contributed by atoms with Gasteiger partial charge in [0.2, 0.25) is 5.91 Å². The number of carbonyl (C=O) groups excluding carboxylic acids is 1. The average molecular weight is 658 g/mol. The van der Waals surface area contributed by atoms with E-state index in [1.807, 2.05) is 0 Å². The van der Waals surface area contributed by atoms with Crippen LogP contribution in [-0.2, 0) is 4.79 Å². The number of nitrogens with two attached hydrogens (primary N) is 1. The fourth-order valence-corrected chi connectivity index (χ4v) is 12.0. The molecule has 0 aromatic heterocycles. The number of amides is 1. The van der Waals surface area contributed by atoms with Gasteiger partial charge in [-0.1, -0.05) is 40.0 Å². The lowest BCUT2D eigenvalue weighted by atomic mass is 9.43. The number of hydrogen-bond acceptors (Lipinski definition) is 6. The Kier molecular flexibility index (Phi) is 14.3. The Balaban J connectivity index is 1.03. The summed E-state index contributed by atoms with van der Waals surface area (Å²) in [5, 5.41) is 26.2. The molecule has 5 saturated carbocycles. The second-order valence-corrected chi connectivity index (χ2v) is 17.6. The van der Waals surface area contributed by atoms with Gasteiger partial charge >= 0.3 is 0 Å². The Morgan fingerprint density at radius 2 is 1.47 bits per heavy atom. The third kappa shape index (κ3) is 9.34. The largest absolute Gasteiger partial charge is 0.393 e. The average Bonchev–Trinajstić information content (AvgIpc) is 3.42. The molecule has 1 amide bonds. The van der Waals surface area contributed by atoms with Crippen molar-refractivity contribution in [3.05, 3.63) is 0 Å². The fraction of sp³-hybridized carbons (Fsp3) is 0.975. The molecule has 5 fully saturated rings. The van der Waals surface area contributed by atoms with E-state index in [2.05, 4.69) is 42.0 Å². The quantitative estimate of drug-likeness (QED) is 0.0989. The zero-order chi connectivity index (χ0) is 33.3. The van der Waals surface area contributed by atoms with Crippen LogP contribution in [0.5, 0.6) is 0 Å². The zero-order valence-electron chi connectivity index (χ0n) is 30.8. The number of unbranched alkanes of at least 4 members (excludes halogenated alkanes) is 1. The molecule has 0 spiro atoms. The van der Waals surface area contributed by atoms with Gasteiger partial charge in [0.25, 0.3) is 0 Å². The summed E-state index contributed by atoms with van der Waals surface area (Å²) < 4.78 is 0. The van der Waals surface area contributed by atoms with Gasteiger partial charge in [-0.25, -0.2) is 0 Å². The minimum atomic E-state index is -0.142. The molecule has 7 heteroatoms. The Labute approximate surface area is 288 Å². The number of hydrogen-bond donors (Lipinski definition) is 6. The molecule has 0 aromatic rings. The van der Waals surface area contributed by atoms with Gasteiger partial charge in [-0.3, -0.25) is 4.79 Å². The summed E-state index contributed by atoms with van der Waals surface area (Å²) in [5.41, 5.74) is 6.25. The van der Waals surface area contributed by atoms with Crippen LogP contribution in [0.1, 0.15) is 143 Å². The summed E-state index contributed by atoms with van der Waals surface area (Å²) in [7, 11) is 0. The molecule has 5 aliphatic rings. The van der Waals surface area contributed by atoms with Crippen LogP contribution >= 0.6 is 0 Å². The van der Waals surface area contributed by atoms with Crippen molar-refractivity contribution in [2.75, 3.05) is 39.3 Å². The van der Waals surface area contributed by atoms with E-state index >= 15 is 0 Å². The molecule has 0 radical (unpaired) electrons. The van der Waals surface area contributed by atoms with Crippen LogP contribution in [0.2, 0.25) is 0 Å². The van der Waals surface area contributed by atoms with Gasteiger partial charge in [-0.05, 0) is 182 Å². The van der Waals surface area contributed by atoms with Crippen molar-refractivity contribution >= 4 is 5.91 Å². The lowest BCUT2D eigenvalue weighted by Crippen LogP contribution is -2.59. The Morgan fingerprint density at radius 1 is 0.787 bits per heavy atom. The number of fused-ring (bicyclic) bond motifs is 5. The predicted molar refractivity (Wildman–Crippen MR) is 195 cm³/mol. The molecular formula is C40H75N5O2. The monoisotopic (exact) mass is 658 g/mol. The van der Waals surface area contributed by atoms with Crippen LogP contribution in [0.25, 0.3) is 0 Å². The van der Waals surface area contributed by atoms with Crippen LogP contribution in [-0.4, -0.2) is 68.5 Å². The summed E-state index contributed by atoms with van der Waals surface area (Å²) in [6.45, 7) is 13.9. The summed E-state index contributed by atoms with van der Waals surface area (Å²) in [6, 6.07) is 1.03. The van der Waals surface area contributed by atoms with E-state index < -0.39 is 0 Å². The highest BCUT2D eigenvalue weighted by Gasteiger charge is 2.62. The topological polar surface area (TPSA) is 111 Å². The number of nitrogens with one attached hydrogen (secondary N) is 4. The molecule has 0 aliphatic heterocycles. The molecule has 7 N–H and O–H groups in total. The molecule has 7 nitrogen and oxygen atoms in total. The third-order valence-electron chi connectivity index (χ3n) is 14.7. The fourth-order valence-electron chi connectivity index (χ4n) is 12.0. The van der Waals surface area contributed by atoms with Crippen molar-refractivity contribution in [3.63, 3.8) is 0 Å². The molecule has 5 rings (SSSR count). The molecule has 10 atom stereocenters. The number of aliphatic hydroxyl groups is 1. The maximum atomic E-state index is 12.8. The summed E-state index contributed by atoms with van der Waals surface area (Å²) in [5.74, 6) is 3.98. The minimum absolute atomic E-state index is 0.142. The molecule has 0 bridgehead atoms. The van der Waals surface area contributed by atoms with Crippen LogP contribution in [0.3, 0.4) is 0 Å².